The third-order valence-electron chi connectivity index (χ3n) is 6.51. The summed E-state index contributed by atoms with van der Waals surface area (Å²) in [5.41, 5.74) is 0.224. The maximum atomic E-state index is 13.1. The molecule has 2 aliphatic rings. The standard InChI is InChI=1S/C23H36ClN3O3S/c1-2-19-10-5-8-14-26(19)15-9-13-25-23(28)21-18-20(11-12-22(21)24)31(29,30)27-16-6-3-4-7-17-27/h11-12,18-19H,2-10,13-17H2,1H3,(H,25,28)/t19-/m1/s1. The number of sulfonamides is 1. The van der Waals surface area contributed by atoms with E-state index in [4.69, 9.17) is 11.6 Å². The second-order valence-electron chi connectivity index (χ2n) is 8.66. The van der Waals surface area contributed by atoms with Gasteiger partial charge in [0.25, 0.3) is 5.91 Å². The van der Waals surface area contributed by atoms with E-state index in [1.807, 2.05) is 0 Å². The molecular weight excluding hydrogens is 434 g/mol. The van der Waals surface area contributed by atoms with Crippen molar-refractivity contribution in [2.45, 2.75) is 75.6 Å². The first-order chi connectivity index (χ1) is 14.9. The highest BCUT2D eigenvalue weighted by atomic mass is 35.5. The van der Waals surface area contributed by atoms with Crippen LogP contribution in [0.25, 0.3) is 0 Å². The Morgan fingerprint density at radius 3 is 2.52 bits per heavy atom. The van der Waals surface area contributed by atoms with E-state index in [9.17, 15) is 13.2 Å². The van der Waals surface area contributed by atoms with Crippen LogP contribution in [-0.2, 0) is 10.0 Å². The molecule has 2 aliphatic heterocycles. The van der Waals surface area contributed by atoms with Crippen LogP contribution in [0.3, 0.4) is 0 Å². The lowest BCUT2D eigenvalue weighted by atomic mass is 10.00. The van der Waals surface area contributed by atoms with Crippen molar-refractivity contribution in [2.24, 2.45) is 0 Å². The lowest BCUT2D eigenvalue weighted by molar-refractivity contribution is 0.0947. The van der Waals surface area contributed by atoms with Crippen molar-refractivity contribution in [3.8, 4) is 0 Å². The highest BCUT2D eigenvalue weighted by Crippen LogP contribution is 2.25. The molecule has 0 bridgehead atoms. The van der Waals surface area contributed by atoms with Crippen molar-refractivity contribution in [1.29, 1.82) is 0 Å². The maximum Gasteiger partial charge on any atom is 0.252 e. The fraction of sp³-hybridized carbons (Fsp3) is 0.696. The summed E-state index contributed by atoms with van der Waals surface area (Å²) >= 11 is 6.25. The average Bonchev–Trinajstić information content (AvgIpc) is 3.07. The molecule has 1 N–H and O–H groups in total. The van der Waals surface area contributed by atoms with Gasteiger partial charge in [0.05, 0.1) is 15.5 Å². The van der Waals surface area contributed by atoms with E-state index in [2.05, 4.69) is 17.1 Å². The van der Waals surface area contributed by atoms with Crippen molar-refractivity contribution in [3.05, 3.63) is 28.8 Å². The molecule has 6 nitrogen and oxygen atoms in total. The van der Waals surface area contributed by atoms with Gasteiger partial charge in [-0.1, -0.05) is 37.8 Å². The number of nitrogens with one attached hydrogen (secondary N) is 1. The zero-order valence-electron chi connectivity index (χ0n) is 18.6. The molecule has 8 heteroatoms. The summed E-state index contributed by atoms with van der Waals surface area (Å²) < 4.78 is 27.7. The summed E-state index contributed by atoms with van der Waals surface area (Å²) in [7, 11) is -3.62. The molecule has 1 amide bonds. The molecule has 2 saturated heterocycles. The van der Waals surface area contributed by atoms with E-state index < -0.39 is 10.0 Å². The van der Waals surface area contributed by atoms with Crippen LogP contribution in [0.4, 0.5) is 0 Å². The third kappa shape index (κ3) is 6.44. The molecule has 1 atom stereocenters. The highest BCUT2D eigenvalue weighted by Gasteiger charge is 2.27. The number of benzene rings is 1. The fourth-order valence-electron chi connectivity index (χ4n) is 4.67. The number of halogens is 1. The first kappa shape index (κ1) is 24.5. The second-order valence-corrected chi connectivity index (χ2v) is 11.0. The SMILES string of the molecule is CC[C@@H]1CCCCN1CCCNC(=O)c1cc(S(=O)(=O)N2CCCCCC2)ccc1Cl. The molecule has 0 unspecified atom stereocenters. The molecule has 2 heterocycles. The van der Waals surface area contributed by atoms with Gasteiger partial charge in [-0.15, -0.1) is 0 Å². The highest BCUT2D eigenvalue weighted by molar-refractivity contribution is 7.89. The summed E-state index contributed by atoms with van der Waals surface area (Å²) in [5, 5.41) is 3.19. The molecule has 2 fully saturated rings. The molecule has 1 aromatic carbocycles. The van der Waals surface area contributed by atoms with E-state index in [-0.39, 0.29) is 21.4 Å². The van der Waals surface area contributed by atoms with Crippen molar-refractivity contribution in [1.82, 2.24) is 14.5 Å². The molecule has 174 valence electrons. The Kier molecular flexibility index (Phi) is 9.19. The van der Waals surface area contributed by atoms with Gasteiger partial charge in [0.1, 0.15) is 0 Å². The average molecular weight is 470 g/mol. The van der Waals surface area contributed by atoms with Gasteiger partial charge in [0.2, 0.25) is 10.0 Å². The number of carbonyl (C=O) groups excluding carboxylic acids is 1. The van der Waals surface area contributed by atoms with E-state index in [0.29, 0.717) is 25.7 Å². The fourth-order valence-corrected chi connectivity index (χ4v) is 6.41. The van der Waals surface area contributed by atoms with Crippen LogP contribution in [0.2, 0.25) is 5.02 Å². The van der Waals surface area contributed by atoms with Gasteiger partial charge >= 0.3 is 0 Å². The minimum atomic E-state index is -3.62. The maximum absolute atomic E-state index is 13.1. The smallest absolute Gasteiger partial charge is 0.252 e. The van der Waals surface area contributed by atoms with Crippen LogP contribution >= 0.6 is 11.6 Å². The van der Waals surface area contributed by atoms with Gasteiger partial charge in [-0.3, -0.25) is 4.79 Å². The van der Waals surface area contributed by atoms with Gasteiger partial charge < -0.3 is 10.2 Å². The number of rotatable bonds is 8. The van der Waals surface area contributed by atoms with Crippen LogP contribution < -0.4 is 5.32 Å². The Morgan fingerprint density at radius 1 is 1.10 bits per heavy atom. The molecule has 0 aromatic heterocycles. The van der Waals surface area contributed by atoms with Gasteiger partial charge in [0, 0.05) is 32.2 Å². The number of carbonyl (C=O) groups is 1. The van der Waals surface area contributed by atoms with Crippen molar-refractivity contribution in [3.63, 3.8) is 0 Å². The molecule has 0 spiro atoms. The number of hydrogen-bond donors (Lipinski definition) is 1. The van der Waals surface area contributed by atoms with E-state index in [1.54, 1.807) is 0 Å². The Morgan fingerprint density at radius 2 is 1.81 bits per heavy atom. The van der Waals surface area contributed by atoms with Crippen LogP contribution in [0.15, 0.2) is 23.1 Å². The van der Waals surface area contributed by atoms with Crippen molar-refractivity contribution in [2.75, 3.05) is 32.7 Å². The number of hydrogen-bond acceptors (Lipinski definition) is 4. The molecule has 0 aliphatic carbocycles. The monoisotopic (exact) mass is 469 g/mol. The zero-order chi connectivity index (χ0) is 22.3. The molecule has 0 saturated carbocycles. The number of nitrogens with zero attached hydrogens (tertiary/aromatic N) is 2. The summed E-state index contributed by atoms with van der Waals surface area (Å²) in [6.45, 7) is 5.94. The first-order valence-corrected chi connectivity index (χ1v) is 13.6. The van der Waals surface area contributed by atoms with Gasteiger partial charge in [0.15, 0.2) is 0 Å². The van der Waals surface area contributed by atoms with E-state index in [0.717, 1.165) is 45.2 Å². The Labute approximate surface area is 192 Å². The van der Waals surface area contributed by atoms with Crippen LogP contribution in [0.1, 0.15) is 75.1 Å². The lowest BCUT2D eigenvalue weighted by Gasteiger charge is -2.35. The Bertz CT molecular complexity index is 838. The van der Waals surface area contributed by atoms with Gasteiger partial charge in [-0.2, -0.15) is 4.31 Å². The minimum Gasteiger partial charge on any atom is -0.352 e. The predicted octanol–water partition coefficient (Wildman–Crippen LogP) is 4.29. The summed E-state index contributed by atoms with van der Waals surface area (Å²) in [5.74, 6) is -0.316. The van der Waals surface area contributed by atoms with Gasteiger partial charge in [-0.05, 0) is 63.3 Å². The molecule has 3 rings (SSSR count). The first-order valence-electron chi connectivity index (χ1n) is 11.8. The van der Waals surface area contributed by atoms with Crippen LogP contribution in [0, 0.1) is 0 Å². The third-order valence-corrected chi connectivity index (χ3v) is 8.74. The van der Waals surface area contributed by atoms with Crippen molar-refractivity contribution < 1.29 is 13.2 Å². The van der Waals surface area contributed by atoms with Gasteiger partial charge in [-0.25, -0.2) is 8.42 Å². The summed E-state index contributed by atoms with van der Waals surface area (Å²) in [6.07, 6.45) is 9.69. The number of amides is 1. The molecule has 0 radical (unpaired) electrons. The van der Waals surface area contributed by atoms with E-state index in [1.165, 1.54) is 48.2 Å². The van der Waals surface area contributed by atoms with Crippen LogP contribution in [0.5, 0.6) is 0 Å². The summed E-state index contributed by atoms with van der Waals surface area (Å²) in [6, 6.07) is 5.09. The zero-order valence-corrected chi connectivity index (χ0v) is 20.2. The van der Waals surface area contributed by atoms with Crippen molar-refractivity contribution >= 4 is 27.5 Å². The van der Waals surface area contributed by atoms with E-state index >= 15 is 0 Å². The van der Waals surface area contributed by atoms with Crippen LogP contribution in [-0.4, -0.2) is 62.3 Å². The largest absolute Gasteiger partial charge is 0.352 e. The second kappa shape index (κ2) is 11.6. The molecular formula is C23H36ClN3O3S. The molecule has 31 heavy (non-hydrogen) atoms. The molecule has 1 aromatic rings. The predicted molar refractivity (Wildman–Crippen MR) is 125 cm³/mol. The Balaban J connectivity index is 1.59. The normalized spacial score (nSPS) is 21.5. The number of piperidine rings is 1. The Hall–Kier alpha value is -1.15. The summed E-state index contributed by atoms with van der Waals surface area (Å²) in [4.78, 5) is 15.4. The quantitative estimate of drug-likeness (QED) is 0.576. The minimum absolute atomic E-state index is 0.142. The lowest BCUT2D eigenvalue weighted by Crippen LogP contribution is -2.40. The number of likely N-dealkylation sites (tertiary alicyclic amines) is 1. The topological polar surface area (TPSA) is 69.7 Å².